The second-order valence-electron chi connectivity index (χ2n) is 8.20. The van der Waals surface area contributed by atoms with E-state index in [-0.39, 0.29) is 24.1 Å². The summed E-state index contributed by atoms with van der Waals surface area (Å²) < 4.78 is 24.1. The number of ether oxygens (including phenoxy) is 4. The summed E-state index contributed by atoms with van der Waals surface area (Å²) in [5.74, 6) is 2.69. The fourth-order valence-corrected chi connectivity index (χ4v) is 6.08. The summed E-state index contributed by atoms with van der Waals surface area (Å²) in [6.07, 6.45) is 0. The van der Waals surface area contributed by atoms with Crippen molar-refractivity contribution >= 4 is 51.8 Å². The number of hydrogen-bond donors (Lipinski definition) is 2. The van der Waals surface area contributed by atoms with Crippen LogP contribution in [0, 0.1) is 0 Å². The predicted molar refractivity (Wildman–Crippen MR) is 161 cm³/mol. The van der Waals surface area contributed by atoms with Crippen LogP contribution in [0.3, 0.4) is 0 Å². The largest absolute Gasteiger partial charge is 0.497 e. The first-order valence-corrected chi connectivity index (χ1v) is 15.2. The van der Waals surface area contributed by atoms with Crippen molar-refractivity contribution < 1.29 is 28.5 Å². The van der Waals surface area contributed by atoms with Crippen molar-refractivity contribution in [3.8, 4) is 28.7 Å². The van der Waals surface area contributed by atoms with Crippen molar-refractivity contribution in [3.05, 3.63) is 47.8 Å². The van der Waals surface area contributed by atoms with E-state index in [4.69, 9.17) is 18.9 Å². The number of nitrogens with zero attached hydrogens (tertiary/aromatic N) is 5. The molecule has 0 unspecified atom stereocenters. The van der Waals surface area contributed by atoms with E-state index in [2.05, 4.69) is 31.0 Å². The number of aromatic nitrogens is 5. The van der Waals surface area contributed by atoms with Crippen molar-refractivity contribution in [2.45, 2.75) is 23.0 Å². The van der Waals surface area contributed by atoms with E-state index in [0.29, 0.717) is 50.4 Å². The fourth-order valence-electron chi connectivity index (χ4n) is 3.65. The lowest BCUT2D eigenvalue weighted by Gasteiger charge is -2.15. The summed E-state index contributed by atoms with van der Waals surface area (Å²) in [6.45, 7) is 2.03. The molecule has 2 heterocycles. The maximum Gasteiger partial charge on any atom is 0.251 e. The van der Waals surface area contributed by atoms with Crippen LogP contribution in [-0.4, -0.2) is 76.7 Å². The van der Waals surface area contributed by atoms with Gasteiger partial charge in [-0.15, -0.1) is 20.4 Å². The van der Waals surface area contributed by atoms with Crippen LogP contribution >= 0.6 is 34.9 Å². The molecule has 0 aliphatic heterocycles. The Balaban J connectivity index is 1.58. The molecule has 42 heavy (non-hydrogen) atoms. The smallest absolute Gasteiger partial charge is 0.251 e. The van der Waals surface area contributed by atoms with Gasteiger partial charge in [0.1, 0.15) is 23.0 Å². The molecule has 0 radical (unpaired) electrons. The highest BCUT2D eigenvalue weighted by atomic mass is 32.2. The average molecular weight is 632 g/mol. The van der Waals surface area contributed by atoms with Crippen LogP contribution < -0.4 is 29.6 Å². The molecule has 16 heteroatoms. The molecular weight excluding hydrogens is 603 g/mol. The zero-order chi connectivity index (χ0) is 30.1. The van der Waals surface area contributed by atoms with Gasteiger partial charge in [-0.2, -0.15) is 0 Å². The molecule has 0 aliphatic carbocycles. The number of rotatable bonds is 14. The van der Waals surface area contributed by atoms with Gasteiger partial charge in [0.15, 0.2) is 15.3 Å². The fraction of sp³-hybridized carbons (Fsp3) is 0.308. The standard InChI is InChI=1S/C26H29N7O6S3/c1-6-40-26-32-30-24(42-26)28-22(34)14-41-25-31-29-21(33(25)19-12-16(36-2)7-8-20(19)39-5)13-27-23(35)15-9-17(37-3)11-18(10-15)38-4/h7-12H,6,13-14H2,1-5H3,(H,27,35)(H,28,30,34). The van der Waals surface area contributed by atoms with Gasteiger partial charge in [-0.1, -0.05) is 41.8 Å². The van der Waals surface area contributed by atoms with E-state index in [9.17, 15) is 9.59 Å². The molecule has 222 valence electrons. The van der Waals surface area contributed by atoms with Gasteiger partial charge in [0, 0.05) is 17.7 Å². The third-order valence-electron chi connectivity index (χ3n) is 5.60. The van der Waals surface area contributed by atoms with Crippen LogP contribution in [0.25, 0.3) is 5.69 Å². The number of hydrogen-bond acceptors (Lipinski definition) is 13. The van der Waals surface area contributed by atoms with E-state index < -0.39 is 0 Å². The van der Waals surface area contributed by atoms with Crippen LogP contribution in [0.5, 0.6) is 23.0 Å². The van der Waals surface area contributed by atoms with Gasteiger partial charge in [-0.05, 0) is 30.0 Å². The topological polar surface area (TPSA) is 152 Å². The summed E-state index contributed by atoms with van der Waals surface area (Å²) in [6, 6.07) is 10.2. The molecule has 0 bridgehead atoms. The molecule has 2 N–H and O–H groups in total. The number of benzene rings is 2. The first kappa shape index (κ1) is 30.9. The van der Waals surface area contributed by atoms with Gasteiger partial charge in [-0.3, -0.25) is 19.5 Å². The first-order chi connectivity index (χ1) is 20.4. The van der Waals surface area contributed by atoms with E-state index in [1.807, 2.05) is 6.92 Å². The SMILES string of the molecule is CCSc1nnc(NC(=O)CSc2nnc(CNC(=O)c3cc(OC)cc(OC)c3)n2-c2cc(OC)ccc2OC)s1. The Labute approximate surface area is 254 Å². The molecule has 4 rings (SSSR count). The minimum absolute atomic E-state index is 0.0150. The molecule has 0 aliphatic rings. The molecule has 0 fully saturated rings. The van der Waals surface area contributed by atoms with Crippen LogP contribution in [-0.2, 0) is 11.3 Å². The normalized spacial score (nSPS) is 10.7. The number of anilines is 1. The third kappa shape index (κ3) is 7.63. The zero-order valence-corrected chi connectivity index (χ0v) is 25.9. The van der Waals surface area contributed by atoms with E-state index in [0.717, 1.165) is 10.1 Å². The molecule has 0 saturated carbocycles. The Morgan fingerprint density at radius 1 is 0.881 bits per heavy atom. The second-order valence-corrected chi connectivity index (χ2v) is 11.6. The maximum absolute atomic E-state index is 13.1. The monoisotopic (exact) mass is 631 g/mol. The Bertz CT molecular complexity index is 1520. The first-order valence-electron chi connectivity index (χ1n) is 12.5. The Morgan fingerprint density at radius 2 is 1.62 bits per heavy atom. The molecule has 13 nitrogen and oxygen atoms in total. The highest BCUT2D eigenvalue weighted by molar-refractivity contribution is 8.01. The minimum atomic E-state index is -0.370. The van der Waals surface area contributed by atoms with Gasteiger partial charge >= 0.3 is 0 Å². The Kier molecular flexibility index (Phi) is 10.9. The van der Waals surface area contributed by atoms with Crippen molar-refractivity contribution in [3.63, 3.8) is 0 Å². The molecule has 0 atom stereocenters. The van der Waals surface area contributed by atoms with Gasteiger partial charge in [0.25, 0.3) is 5.91 Å². The van der Waals surface area contributed by atoms with Crippen molar-refractivity contribution in [1.29, 1.82) is 0 Å². The van der Waals surface area contributed by atoms with E-state index >= 15 is 0 Å². The number of methoxy groups -OCH3 is 4. The molecule has 2 amide bonds. The van der Waals surface area contributed by atoms with Crippen molar-refractivity contribution in [2.24, 2.45) is 0 Å². The quantitative estimate of drug-likeness (QED) is 0.153. The summed E-state index contributed by atoms with van der Waals surface area (Å²) in [5, 5.41) is 23.2. The van der Waals surface area contributed by atoms with Crippen LogP contribution in [0.2, 0.25) is 0 Å². The number of carbonyl (C=O) groups excluding carboxylic acids is 2. The lowest BCUT2D eigenvalue weighted by atomic mass is 10.2. The van der Waals surface area contributed by atoms with Gasteiger partial charge in [0.2, 0.25) is 11.0 Å². The van der Waals surface area contributed by atoms with Crippen molar-refractivity contribution in [2.75, 3.05) is 45.3 Å². The highest BCUT2D eigenvalue weighted by Gasteiger charge is 2.21. The van der Waals surface area contributed by atoms with Crippen LogP contribution in [0.1, 0.15) is 23.1 Å². The molecule has 2 aromatic carbocycles. The summed E-state index contributed by atoms with van der Waals surface area (Å²) in [5.41, 5.74) is 0.919. The Hall–Kier alpha value is -4.02. The lowest BCUT2D eigenvalue weighted by Crippen LogP contribution is -2.25. The van der Waals surface area contributed by atoms with Crippen LogP contribution in [0.4, 0.5) is 5.13 Å². The average Bonchev–Trinajstić information content (AvgIpc) is 3.64. The summed E-state index contributed by atoms with van der Waals surface area (Å²) in [4.78, 5) is 25.8. The van der Waals surface area contributed by atoms with Crippen LogP contribution in [0.15, 0.2) is 45.9 Å². The number of amides is 2. The molecular formula is C26H29N7O6S3. The zero-order valence-electron chi connectivity index (χ0n) is 23.5. The van der Waals surface area contributed by atoms with Crippen molar-refractivity contribution in [1.82, 2.24) is 30.3 Å². The molecule has 2 aromatic heterocycles. The minimum Gasteiger partial charge on any atom is -0.497 e. The van der Waals surface area contributed by atoms with Gasteiger partial charge in [0.05, 0.1) is 46.4 Å². The maximum atomic E-state index is 13.1. The van der Waals surface area contributed by atoms with E-state index in [1.54, 1.807) is 66.9 Å². The number of nitrogens with one attached hydrogen (secondary N) is 2. The predicted octanol–water partition coefficient (Wildman–Crippen LogP) is 3.93. The Morgan fingerprint density at radius 3 is 2.29 bits per heavy atom. The van der Waals surface area contributed by atoms with E-state index in [1.165, 1.54) is 37.3 Å². The molecule has 0 saturated heterocycles. The lowest BCUT2D eigenvalue weighted by molar-refractivity contribution is -0.113. The number of carbonyl (C=O) groups is 2. The van der Waals surface area contributed by atoms with Gasteiger partial charge in [-0.25, -0.2) is 0 Å². The molecule has 4 aromatic rings. The van der Waals surface area contributed by atoms with Gasteiger partial charge < -0.3 is 24.3 Å². The molecule has 0 spiro atoms. The summed E-state index contributed by atoms with van der Waals surface area (Å²) >= 11 is 4.03. The highest BCUT2D eigenvalue weighted by Crippen LogP contribution is 2.32. The second kappa shape index (κ2) is 14.7. The summed E-state index contributed by atoms with van der Waals surface area (Å²) in [7, 11) is 6.12. The third-order valence-corrected chi connectivity index (χ3v) is 8.38. The number of thioether (sulfide) groups is 2.